The number of benzene rings is 1. The summed E-state index contributed by atoms with van der Waals surface area (Å²) < 4.78 is 0. The lowest BCUT2D eigenvalue weighted by Crippen LogP contribution is -2.44. The smallest absolute Gasteiger partial charge is 0.272 e. The largest absolute Gasteiger partial charge is 0.396 e. The molecule has 1 aromatic carbocycles. The molecule has 5 heteroatoms. The predicted octanol–water partition coefficient (Wildman–Crippen LogP) is 2.01. The summed E-state index contributed by atoms with van der Waals surface area (Å²) in [6.07, 6.45) is 5.30. The Labute approximate surface area is 135 Å². The van der Waals surface area contributed by atoms with Gasteiger partial charge in [0.1, 0.15) is 5.69 Å². The van der Waals surface area contributed by atoms with E-state index in [2.05, 4.69) is 22.3 Å². The van der Waals surface area contributed by atoms with E-state index >= 15 is 0 Å². The minimum absolute atomic E-state index is 0.0124. The summed E-state index contributed by atoms with van der Waals surface area (Å²) in [5, 5.41) is 16.8. The van der Waals surface area contributed by atoms with Gasteiger partial charge in [-0.2, -0.15) is 5.10 Å². The van der Waals surface area contributed by atoms with Gasteiger partial charge in [0, 0.05) is 23.7 Å². The van der Waals surface area contributed by atoms with Crippen molar-refractivity contribution in [2.45, 2.75) is 37.8 Å². The fraction of sp³-hybridized carbons (Fsp3) is 0.444. The Balaban J connectivity index is 1.62. The molecule has 0 unspecified atom stereocenters. The van der Waals surface area contributed by atoms with E-state index in [-0.39, 0.29) is 30.0 Å². The van der Waals surface area contributed by atoms with Crippen LogP contribution in [0.3, 0.4) is 0 Å². The van der Waals surface area contributed by atoms with Crippen molar-refractivity contribution < 1.29 is 9.90 Å². The predicted molar refractivity (Wildman–Crippen MR) is 85.8 cm³/mol. The Bertz CT molecular complexity index is 686. The molecule has 3 heterocycles. The average molecular weight is 311 g/mol. The van der Waals surface area contributed by atoms with Gasteiger partial charge >= 0.3 is 0 Å². The highest BCUT2D eigenvalue weighted by Gasteiger charge is 2.57. The molecule has 2 bridgehead atoms. The number of carbonyl (C=O) groups excluding carboxylic acids is 1. The van der Waals surface area contributed by atoms with Crippen molar-refractivity contribution in [2.75, 3.05) is 6.61 Å². The molecule has 2 N–H and O–H groups in total. The van der Waals surface area contributed by atoms with Gasteiger partial charge in [-0.3, -0.25) is 9.89 Å². The molecule has 1 amide bonds. The Morgan fingerprint density at radius 1 is 1.30 bits per heavy atom. The number of hydrogen-bond donors (Lipinski definition) is 2. The van der Waals surface area contributed by atoms with Crippen molar-refractivity contribution in [1.29, 1.82) is 0 Å². The standard InChI is InChI=1S/C18H21N3O2/c22-12-18(10-13-4-2-1-3-5-13)11-14-6-7-16(18)21(14)17(23)15-8-9-19-20-15/h1-5,8-9,14,16,22H,6-7,10-12H2,(H,19,20)/t14-,16+,18-/m1/s1. The molecular formula is C18H21N3O2. The van der Waals surface area contributed by atoms with Gasteiger partial charge in [0.25, 0.3) is 5.91 Å². The Morgan fingerprint density at radius 2 is 2.13 bits per heavy atom. The van der Waals surface area contributed by atoms with E-state index in [1.54, 1.807) is 12.3 Å². The summed E-state index contributed by atoms with van der Waals surface area (Å²) >= 11 is 0. The van der Waals surface area contributed by atoms with Gasteiger partial charge in [0.2, 0.25) is 0 Å². The molecule has 2 aliphatic heterocycles. The molecule has 23 heavy (non-hydrogen) atoms. The van der Waals surface area contributed by atoms with E-state index in [4.69, 9.17) is 0 Å². The lowest BCUT2D eigenvalue weighted by Gasteiger charge is -2.36. The molecule has 0 aliphatic carbocycles. The van der Waals surface area contributed by atoms with Crippen LogP contribution in [0.4, 0.5) is 0 Å². The number of nitrogens with zero attached hydrogens (tertiary/aromatic N) is 2. The zero-order valence-electron chi connectivity index (χ0n) is 13.0. The number of aromatic nitrogens is 2. The number of carbonyl (C=O) groups is 1. The second-order valence-electron chi connectivity index (χ2n) is 6.82. The average Bonchev–Trinajstić information content (AvgIpc) is 3.30. The van der Waals surface area contributed by atoms with Crippen LogP contribution in [0.15, 0.2) is 42.6 Å². The van der Waals surface area contributed by atoms with E-state index in [1.165, 1.54) is 5.56 Å². The van der Waals surface area contributed by atoms with Gasteiger partial charge in [0.15, 0.2) is 0 Å². The summed E-state index contributed by atoms with van der Waals surface area (Å²) in [4.78, 5) is 14.8. The van der Waals surface area contributed by atoms with Crippen molar-refractivity contribution in [3.8, 4) is 0 Å². The van der Waals surface area contributed by atoms with Crippen LogP contribution >= 0.6 is 0 Å². The number of amides is 1. The third-order valence-corrected chi connectivity index (χ3v) is 5.53. The molecule has 2 aliphatic rings. The highest BCUT2D eigenvalue weighted by atomic mass is 16.3. The summed E-state index contributed by atoms with van der Waals surface area (Å²) in [5.41, 5.74) is 1.54. The van der Waals surface area contributed by atoms with Crippen molar-refractivity contribution >= 4 is 5.91 Å². The van der Waals surface area contributed by atoms with E-state index in [9.17, 15) is 9.90 Å². The van der Waals surface area contributed by atoms with Crippen molar-refractivity contribution in [3.63, 3.8) is 0 Å². The summed E-state index contributed by atoms with van der Waals surface area (Å²) in [6, 6.07) is 12.3. The van der Waals surface area contributed by atoms with Crippen LogP contribution in [0, 0.1) is 5.41 Å². The lowest BCUT2D eigenvalue weighted by molar-refractivity contribution is 0.0566. The number of aliphatic hydroxyl groups is 1. The first-order valence-electron chi connectivity index (χ1n) is 8.20. The van der Waals surface area contributed by atoms with Gasteiger partial charge in [-0.15, -0.1) is 0 Å². The number of aromatic amines is 1. The number of fused-ring (bicyclic) bond motifs is 2. The van der Waals surface area contributed by atoms with E-state index in [1.807, 2.05) is 23.1 Å². The monoisotopic (exact) mass is 311 g/mol. The number of nitrogens with one attached hydrogen (secondary N) is 1. The van der Waals surface area contributed by atoms with Crippen molar-refractivity contribution in [2.24, 2.45) is 5.41 Å². The maximum Gasteiger partial charge on any atom is 0.272 e. The second kappa shape index (κ2) is 5.49. The summed E-state index contributed by atoms with van der Waals surface area (Å²) in [5.74, 6) is 0.0124. The SMILES string of the molecule is O=C(c1ccn[nH]1)N1[C@@H]2CC[C@H]1[C@](CO)(Cc1ccccc1)C2. The third kappa shape index (κ3) is 2.27. The molecule has 120 valence electrons. The topological polar surface area (TPSA) is 69.2 Å². The fourth-order valence-electron chi connectivity index (χ4n) is 4.53. The highest BCUT2D eigenvalue weighted by Crippen LogP contribution is 2.51. The quantitative estimate of drug-likeness (QED) is 0.907. The highest BCUT2D eigenvalue weighted by molar-refractivity contribution is 5.93. The first kappa shape index (κ1) is 14.5. The Morgan fingerprint density at radius 3 is 2.83 bits per heavy atom. The Kier molecular flexibility index (Phi) is 3.45. The van der Waals surface area contributed by atoms with Crippen LogP contribution in [-0.4, -0.2) is 44.8 Å². The second-order valence-corrected chi connectivity index (χ2v) is 6.82. The Hall–Kier alpha value is -2.14. The molecule has 2 aromatic rings. The molecule has 1 aromatic heterocycles. The molecule has 0 saturated carbocycles. The summed E-state index contributed by atoms with van der Waals surface area (Å²) in [7, 11) is 0. The molecule has 3 atom stereocenters. The fourth-order valence-corrected chi connectivity index (χ4v) is 4.53. The maximum atomic E-state index is 12.8. The van der Waals surface area contributed by atoms with E-state index in [0.717, 1.165) is 25.7 Å². The maximum absolute atomic E-state index is 12.8. The minimum Gasteiger partial charge on any atom is -0.396 e. The molecule has 2 saturated heterocycles. The lowest BCUT2D eigenvalue weighted by atomic mass is 9.70. The van der Waals surface area contributed by atoms with Crippen molar-refractivity contribution in [3.05, 3.63) is 53.9 Å². The first-order chi connectivity index (χ1) is 11.2. The van der Waals surface area contributed by atoms with Gasteiger partial charge < -0.3 is 10.0 Å². The minimum atomic E-state index is -0.222. The normalized spacial score (nSPS) is 29.2. The van der Waals surface area contributed by atoms with E-state index < -0.39 is 0 Å². The zero-order chi connectivity index (χ0) is 15.9. The van der Waals surface area contributed by atoms with E-state index in [0.29, 0.717) is 5.69 Å². The van der Waals surface area contributed by atoms with Gasteiger partial charge in [-0.05, 0) is 37.3 Å². The van der Waals surface area contributed by atoms with Gasteiger partial charge in [-0.25, -0.2) is 0 Å². The number of rotatable bonds is 4. The molecule has 2 fully saturated rings. The molecule has 0 radical (unpaired) electrons. The molecule has 4 rings (SSSR count). The number of H-pyrrole nitrogens is 1. The van der Waals surface area contributed by atoms with Crippen LogP contribution in [0.2, 0.25) is 0 Å². The number of aliphatic hydroxyl groups excluding tert-OH is 1. The van der Waals surface area contributed by atoms with Crippen LogP contribution in [0.1, 0.15) is 35.3 Å². The van der Waals surface area contributed by atoms with Crippen LogP contribution in [0.5, 0.6) is 0 Å². The third-order valence-electron chi connectivity index (χ3n) is 5.53. The van der Waals surface area contributed by atoms with Crippen LogP contribution in [0.25, 0.3) is 0 Å². The van der Waals surface area contributed by atoms with Gasteiger partial charge in [0.05, 0.1) is 6.61 Å². The molecule has 0 spiro atoms. The van der Waals surface area contributed by atoms with Crippen molar-refractivity contribution in [1.82, 2.24) is 15.1 Å². The van der Waals surface area contributed by atoms with Crippen LogP contribution < -0.4 is 0 Å². The van der Waals surface area contributed by atoms with Gasteiger partial charge in [-0.1, -0.05) is 30.3 Å². The zero-order valence-corrected chi connectivity index (χ0v) is 13.0. The first-order valence-corrected chi connectivity index (χ1v) is 8.20. The number of hydrogen-bond acceptors (Lipinski definition) is 3. The molecular weight excluding hydrogens is 290 g/mol. The molecule has 5 nitrogen and oxygen atoms in total. The summed E-state index contributed by atoms with van der Waals surface area (Å²) in [6.45, 7) is 0.121. The van der Waals surface area contributed by atoms with Crippen LogP contribution in [-0.2, 0) is 6.42 Å².